The number of hydrogen-bond acceptors (Lipinski definition) is 9. The Hall–Kier alpha value is -3.87. The highest BCUT2D eigenvalue weighted by atomic mass is 35.5. The van der Waals surface area contributed by atoms with Crippen LogP contribution in [0.5, 0.6) is 5.75 Å². The predicted octanol–water partition coefficient (Wildman–Crippen LogP) is 3.84. The van der Waals surface area contributed by atoms with Gasteiger partial charge in [-0.15, -0.1) is 0 Å². The number of benzene rings is 1. The summed E-state index contributed by atoms with van der Waals surface area (Å²) in [5, 5.41) is 19.4. The number of nitrogens with zero attached hydrogens (tertiary/aromatic N) is 6. The first-order chi connectivity index (χ1) is 18.9. The molecule has 0 unspecified atom stereocenters. The average Bonchev–Trinajstić information content (AvgIpc) is 3.53. The van der Waals surface area contributed by atoms with Gasteiger partial charge < -0.3 is 15.2 Å². The number of ether oxygens (including phenoxy) is 1. The second kappa shape index (κ2) is 11.9. The second-order valence-corrected chi connectivity index (χ2v) is 9.65. The quantitative estimate of drug-likeness (QED) is 0.250. The highest BCUT2D eigenvalue weighted by molar-refractivity contribution is 6.31. The van der Waals surface area contributed by atoms with Crippen LogP contribution >= 0.6 is 11.6 Å². The summed E-state index contributed by atoms with van der Waals surface area (Å²) in [6.07, 6.45) is 9.29. The fourth-order valence-corrected chi connectivity index (χ4v) is 4.81. The molecular weight excluding hydrogens is 527 g/mol. The van der Waals surface area contributed by atoms with Gasteiger partial charge in [0.2, 0.25) is 5.95 Å². The molecule has 4 aromatic rings. The predicted molar refractivity (Wildman–Crippen MR) is 144 cm³/mol. The zero-order chi connectivity index (χ0) is 27.4. The number of anilines is 3. The van der Waals surface area contributed by atoms with Gasteiger partial charge in [-0.05, 0) is 50.9 Å². The van der Waals surface area contributed by atoms with E-state index in [1.165, 1.54) is 30.9 Å². The van der Waals surface area contributed by atoms with E-state index in [0.29, 0.717) is 23.9 Å². The molecule has 1 aliphatic rings. The van der Waals surface area contributed by atoms with Crippen molar-refractivity contribution in [3.8, 4) is 5.75 Å². The van der Waals surface area contributed by atoms with Crippen LogP contribution in [0.4, 0.5) is 21.8 Å². The van der Waals surface area contributed by atoms with Gasteiger partial charge in [0.05, 0.1) is 42.5 Å². The van der Waals surface area contributed by atoms with Gasteiger partial charge in [-0.3, -0.25) is 15.0 Å². The van der Waals surface area contributed by atoms with Gasteiger partial charge in [0, 0.05) is 23.7 Å². The third kappa shape index (κ3) is 6.08. The molecule has 0 aliphatic carbocycles. The monoisotopic (exact) mass is 554 g/mol. The standard InChI is InChI=1S/C26H28ClFN8O3/c1-16-22(39-9-3-8-35-7-2-4-19(35)14-37)13-36-23(16)24(31-15-32-36)33-18-11-29-26(30-12-18)34-25(38)17-5-6-21(28)20(27)10-17/h5-6,10-13,15,19,37H,2-4,7-9,14H2,1H3,(H,31,32,33)(H,29,30,34,38)/t19-/m0/s1. The minimum Gasteiger partial charge on any atom is -0.492 e. The SMILES string of the molecule is Cc1c(OCCCN2CCC[C@H]2CO)cn2ncnc(Nc3cnc(NC(=O)c4ccc(F)c(Cl)c4)nc3)c12. The first-order valence-corrected chi connectivity index (χ1v) is 13.0. The number of nitrogens with one attached hydrogen (secondary N) is 2. The Morgan fingerprint density at radius 2 is 2.10 bits per heavy atom. The van der Waals surface area contributed by atoms with E-state index in [9.17, 15) is 14.3 Å². The minimum atomic E-state index is -0.606. The number of aryl methyl sites for hydroxylation is 1. The highest BCUT2D eigenvalue weighted by Gasteiger charge is 2.23. The van der Waals surface area contributed by atoms with Crippen molar-refractivity contribution in [3.05, 3.63) is 65.1 Å². The zero-order valence-corrected chi connectivity index (χ0v) is 22.0. The Balaban J connectivity index is 1.21. The van der Waals surface area contributed by atoms with Gasteiger partial charge in [-0.25, -0.2) is 23.9 Å². The summed E-state index contributed by atoms with van der Waals surface area (Å²) < 4.78 is 21.1. The molecule has 1 atom stereocenters. The number of carbonyl (C=O) groups excluding carboxylic acids is 1. The van der Waals surface area contributed by atoms with Gasteiger partial charge in [0.15, 0.2) is 5.82 Å². The van der Waals surface area contributed by atoms with Crippen molar-refractivity contribution in [2.24, 2.45) is 0 Å². The largest absolute Gasteiger partial charge is 0.492 e. The molecule has 1 saturated heterocycles. The number of carbonyl (C=O) groups is 1. The number of halogens is 2. The first kappa shape index (κ1) is 26.7. The van der Waals surface area contributed by atoms with E-state index in [-0.39, 0.29) is 29.2 Å². The number of likely N-dealkylation sites (tertiary alicyclic amines) is 1. The molecule has 1 amide bonds. The molecule has 0 radical (unpaired) electrons. The summed E-state index contributed by atoms with van der Waals surface area (Å²) >= 11 is 5.75. The molecule has 3 aromatic heterocycles. The number of aromatic nitrogens is 5. The molecule has 0 bridgehead atoms. The smallest absolute Gasteiger partial charge is 0.258 e. The van der Waals surface area contributed by atoms with E-state index < -0.39 is 11.7 Å². The van der Waals surface area contributed by atoms with Crippen LogP contribution in [0.25, 0.3) is 5.52 Å². The van der Waals surface area contributed by atoms with Crippen molar-refractivity contribution in [2.75, 3.05) is 36.9 Å². The number of hydrogen-bond donors (Lipinski definition) is 3. The lowest BCUT2D eigenvalue weighted by Gasteiger charge is -2.22. The summed E-state index contributed by atoms with van der Waals surface area (Å²) in [5.41, 5.74) is 2.36. The Labute approximate surface area is 229 Å². The van der Waals surface area contributed by atoms with Crippen molar-refractivity contribution in [2.45, 2.75) is 32.2 Å². The number of rotatable bonds is 10. The first-order valence-electron chi connectivity index (χ1n) is 12.6. The molecule has 39 heavy (non-hydrogen) atoms. The summed E-state index contributed by atoms with van der Waals surface area (Å²) in [6, 6.07) is 3.94. The van der Waals surface area contributed by atoms with Gasteiger partial charge in [-0.1, -0.05) is 11.6 Å². The van der Waals surface area contributed by atoms with Crippen LogP contribution in [-0.4, -0.2) is 72.8 Å². The summed E-state index contributed by atoms with van der Waals surface area (Å²) in [4.78, 5) is 27.4. The van der Waals surface area contributed by atoms with Crippen LogP contribution in [-0.2, 0) is 0 Å². The Bertz CT molecular complexity index is 1470. The van der Waals surface area contributed by atoms with Gasteiger partial charge >= 0.3 is 0 Å². The molecule has 1 fully saturated rings. The van der Waals surface area contributed by atoms with Crippen molar-refractivity contribution in [1.29, 1.82) is 0 Å². The lowest BCUT2D eigenvalue weighted by molar-refractivity contribution is 0.102. The Kier molecular flexibility index (Phi) is 8.15. The lowest BCUT2D eigenvalue weighted by Crippen LogP contribution is -2.33. The maximum Gasteiger partial charge on any atom is 0.258 e. The van der Waals surface area contributed by atoms with Crippen molar-refractivity contribution in [1.82, 2.24) is 29.5 Å². The minimum absolute atomic E-state index is 0.0765. The van der Waals surface area contributed by atoms with Gasteiger partial charge in [0.25, 0.3) is 5.91 Å². The molecule has 13 heteroatoms. The molecule has 204 valence electrons. The fraction of sp³-hybridized carbons (Fsp3) is 0.346. The van der Waals surface area contributed by atoms with Crippen molar-refractivity contribution >= 4 is 40.5 Å². The molecule has 0 saturated carbocycles. The topological polar surface area (TPSA) is 130 Å². The van der Waals surface area contributed by atoms with E-state index in [1.54, 1.807) is 4.52 Å². The summed E-state index contributed by atoms with van der Waals surface area (Å²) in [6.45, 7) is 4.60. The number of aliphatic hydroxyl groups excluding tert-OH is 1. The highest BCUT2D eigenvalue weighted by Crippen LogP contribution is 2.30. The van der Waals surface area contributed by atoms with Crippen molar-refractivity contribution in [3.63, 3.8) is 0 Å². The van der Waals surface area contributed by atoms with Crippen LogP contribution < -0.4 is 15.4 Å². The molecule has 3 N–H and O–H groups in total. The second-order valence-electron chi connectivity index (χ2n) is 9.24. The van der Waals surface area contributed by atoms with E-state index in [0.717, 1.165) is 49.5 Å². The van der Waals surface area contributed by atoms with E-state index in [4.69, 9.17) is 16.3 Å². The van der Waals surface area contributed by atoms with E-state index in [2.05, 4.69) is 35.6 Å². The summed E-state index contributed by atoms with van der Waals surface area (Å²) in [5.74, 6) is 0.216. The molecule has 11 nitrogen and oxygen atoms in total. The summed E-state index contributed by atoms with van der Waals surface area (Å²) in [7, 11) is 0. The van der Waals surface area contributed by atoms with Crippen molar-refractivity contribution < 1.29 is 19.0 Å². The van der Waals surface area contributed by atoms with Crippen LogP contribution in [0.15, 0.2) is 43.1 Å². The number of aliphatic hydroxyl groups is 1. The maximum atomic E-state index is 13.4. The van der Waals surface area contributed by atoms with E-state index >= 15 is 0 Å². The van der Waals surface area contributed by atoms with E-state index in [1.807, 2.05) is 13.1 Å². The molecule has 4 heterocycles. The Morgan fingerprint density at radius 3 is 2.87 bits per heavy atom. The normalized spacial score (nSPS) is 15.5. The van der Waals surface area contributed by atoms with Gasteiger partial charge in [-0.2, -0.15) is 5.10 Å². The molecule has 1 aromatic carbocycles. The third-order valence-electron chi connectivity index (χ3n) is 6.66. The van der Waals surface area contributed by atoms with Gasteiger partial charge in [0.1, 0.15) is 23.4 Å². The fourth-order valence-electron chi connectivity index (χ4n) is 4.63. The third-order valence-corrected chi connectivity index (χ3v) is 6.95. The van der Waals surface area contributed by atoms with Crippen LogP contribution in [0.3, 0.4) is 0 Å². The number of amides is 1. The Morgan fingerprint density at radius 1 is 1.28 bits per heavy atom. The average molecular weight is 555 g/mol. The number of fused-ring (bicyclic) bond motifs is 1. The molecule has 0 spiro atoms. The van der Waals surface area contributed by atoms with Crippen LogP contribution in [0.1, 0.15) is 35.2 Å². The van der Waals surface area contributed by atoms with Crippen LogP contribution in [0, 0.1) is 12.7 Å². The molecule has 1 aliphatic heterocycles. The van der Waals surface area contributed by atoms with Crippen LogP contribution in [0.2, 0.25) is 5.02 Å². The maximum absolute atomic E-state index is 13.4. The zero-order valence-electron chi connectivity index (χ0n) is 21.3. The lowest BCUT2D eigenvalue weighted by atomic mass is 10.2. The molecular formula is C26H28ClFN8O3. The molecule has 5 rings (SSSR count).